The highest BCUT2D eigenvalue weighted by atomic mass is 19.1. The Morgan fingerprint density at radius 1 is 1.06 bits per heavy atom. The molecule has 1 aromatic heterocycles. The topological polar surface area (TPSA) is 63.8 Å². The minimum Gasteiger partial charge on any atom is -0.381 e. The number of anilines is 3. The van der Waals surface area contributed by atoms with Crippen molar-refractivity contribution in [1.82, 2.24) is 9.97 Å². The standard InChI is InChI=1S/C10H8F2N4/c11-6-2-1-3-7(12)8(6)16-10-9(13)14-4-5-15-10/h1-5H,(H2,13,14)(H,15,16). The molecule has 82 valence electrons. The van der Waals surface area contributed by atoms with E-state index in [-0.39, 0.29) is 17.3 Å². The number of nitrogens with one attached hydrogen (secondary N) is 1. The number of aromatic nitrogens is 2. The molecular formula is C10H8F2N4. The summed E-state index contributed by atoms with van der Waals surface area (Å²) < 4.78 is 26.6. The van der Waals surface area contributed by atoms with Crippen molar-refractivity contribution in [2.75, 3.05) is 11.1 Å². The number of hydrogen-bond acceptors (Lipinski definition) is 4. The Kier molecular flexibility index (Phi) is 2.63. The molecule has 0 spiro atoms. The minimum absolute atomic E-state index is 0.0742. The maximum Gasteiger partial charge on any atom is 0.173 e. The molecule has 0 amide bonds. The molecule has 6 heteroatoms. The fourth-order valence-corrected chi connectivity index (χ4v) is 1.18. The van der Waals surface area contributed by atoms with Crippen LogP contribution in [0.15, 0.2) is 30.6 Å². The van der Waals surface area contributed by atoms with E-state index < -0.39 is 11.6 Å². The van der Waals surface area contributed by atoms with Crippen molar-refractivity contribution in [3.8, 4) is 0 Å². The number of nitrogens with two attached hydrogens (primary N) is 1. The second-order valence-corrected chi connectivity index (χ2v) is 3.01. The van der Waals surface area contributed by atoms with Crippen LogP contribution in [0.3, 0.4) is 0 Å². The molecule has 0 atom stereocenters. The summed E-state index contributed by atoms with van der Waals surface area (Å²) in [7, 11) is 0. The van der Waals surface area contributed by atoms with Crippen molar-refractivity contribution in [2.24, 2.45) is 0 Å². The zero-order valence-electron chi connectivity index (χ0n) is 8.11. The van der Waals surface area contributed by atoms with Crippen LogP contribution in [0.4, 0.5) is 26.1 Å². The van der Waals surface area contributed by atoms with Gasteiger partial charge >= 0.3 is 0 Å². The van der Waals surface area contributed by atoms with Crippen LogP contribution >= 0.6 is 0 Å². The van der Waals surface area contributed by atoms with E-state index in [1.807, 2.05) is 0 Å². The molecule has 4 nitrogen and oxygen atoms in total. The smallest absolute Gasteiger partial charge is 0.173 e. The Morgan fingerprint density at radius 3 is 2.31 bits per heavy atom. The molecule has 0 radical (unpaired) electrons. The Hall–Kier alpha value is -2.24. The molecule has 2 aromatic rings. The predicted octanol–water partition coefficient (Wildman–Crippen LogP) is 2.08. The number of nitrogen functional groups attached to an aromatic ring is 1. The van der Waals surface area contributed by atoms with Crippen LogP contribution in [0.5, 0.6) is 0 Å². The van der Waals surface area contributed by atoms with Crippen LogP contribution in [-0.2, 0) is 0 Å². The van der Waals surface area contributed by atoms with Gasteiger partial charge in [0.25, 0.3) is 0 Å². The van der Waals surface area contributed by atoms with Gasteiger partial charge in [-0.05, 0) is 12.1 Å². The van der Waals surface area contributed by atoms with E-state index in [2.05, 4.69) is 15.3 Å². The number of rotatable bonds is 2. The quantitative estimate of drug-likeness (QED) is 0.816. The van der Waals surface area contributed by atoms with Crippen molar-refractivity contribution >= 4 is 17.3 Å². The number of nitrogens with zero attached hydrogens (tertiary/aromatic N) is 2. The van der Waals surface area contributed by atoms with Crippen LogP contribution in [0, 0.1) is 11.6 Å². The summed E-state index contributed by atoms with van der Waals surface area (Å²) in [6.07, 6.45) is 2.76. The highest BCUT2D eigenvalue weighted by Crippen LogP contribution is 2.23. The first-order chi connectivity index (χ1) is 7.68. The lowest BCUT2D eigenvalue weighted by molar-refractivity contribution is 0.590. The van der Waals surface area contributed by atoms with Crippen molar-refractivity contribution in [2.45, 2.75) is 0 Å². The van der Waals surface area contributed by atoms with Crippen LogP contribution < -0.4 is 11.1 Å². The van der Waals surface area contributed by atoms with Gasteiger partial charge in [-0.2, -0.15) is 0 Å². The molecule has 16 heavy (non-hydrogen) atoms. The number of benzene rings is 1. The Bertz CT molecular complexity index is 496. The van der Waals surface area contributed by atoms with Crippen LogP contribution in [-0.4, -0.2) is 9.97 Å². The molecule has 0 unspecified atom stereocenters. The molecule has 3 N–H and O–H groups in total. The molecule has 0 saturated carbocycles. The lowest BCUT2D eigenvalue weighted by atomic mass is 10.3. The van der Waals surface area contributed by atoms with E-state index >= 15 is 0 Å². The van der Waals surface area contributed by atoms with E-state index in [0.717, 1.165) is 12.1 Å². The van der Waals surface area contributed by atoms with E-state index in [9.17, 15) is 8.78 Å². The highest BCUT2D eigenvalue weighted by molar-refractivity contribution is 5.65. The van der Waals surface area contributed by atoms with Crippen molar-refractivity contribution in [3.63, 3.8) is 0 Å². The first-order valence-corrected chi connectivity index (χ1v) is 4.46. The average Bonchev–Trinajstić information content (AvgIpc) is 2.26. The predicted molar refractivity (Wildman–Crippen MR) is 56.1 cm³/mol. The second-order valence-electron chi connectivity index (χ2n) is 3.01. The van der Waals surface area contributed by atoms with Crippen molar-refractivity contribution in [1.29, 1.82) is 0 Å². The van der Waals surface area contributed by atoms with Gasteiger partial charge in [0.2, 0.25) is 0 Å². The van der Waals surface area contributed by atoms with Crippen molar-refractivity contribution in [3.05, 3.63) is 42.2 Å². The molecule has 0 fully saturated rings. The first-order valence-electron chi connectivity index (χ1n) is 4.46. The van der Waals surface area contributed by atoms with Gasteiger partial charge in [0.05, 0.1) is 0 Å². The molecule has 0 saturated heterocycles. The van der Waals surface area contributed by atoms with Crippen molar-refractivity contribution < 1.29 is 8.78 Å². The first kappa shape index (κ1) is 10.3. The lowest BCUT2D eigenvalue weighted by Crippen LogP contribution is -2.03. The summed E-state index contributed by atoms with van der Waals surface area (Å²) >= 11 is 0. The third-order valence-electron chi connectivity index (χ3n) is 1.93. The normalized spacial score (nSPS) is 10.1. The molecule has 0 aliphatic carbocycles. The fraction of sp³-hybridized carbons (Fsp3) is 0. The highest BCUT2D eigenvalue weighted by Gasteiger charge is 2.10. The molecule has 0 aliphatic rings. The summed E-state index contributed by atoms with van der Waals surface area (Å²) in [5.41, 5.74) is 5.19. The van der Waals surface area contributed by atoms with Gasteiger partial charge < -0.3 is 11.1 Å². The van der Waals surface area contributed by atoms with Gasteiger partial charge in [0, 0.05) is 12.4 Å². The molecule has 2 rings (SSSR count). The van der Waals surface area contributed by atoms with Gasteiger partial charge in [0.1, 0.15) is 17.3 Å². The lowest BCUT2D eigenvalue weighted by Gasteiger charge is -2.08. The fourth-order valence-electron chi connectivity index (χ4n) is 1.18. The number of hydrogen-bond donors (Lipinski definition) is 2. The zero-order chi connectivity index (χ0) is 11.5. The summed E-state index contributed by atoms with van der Waals surface area (Å²) in [5, 5.41) is 2.46. The monoisotopic (exact) mass is 222 g/mol. The van der Waals surface area contributed by atoms with Gasteiger partial charge in [0.15, 0.2) is 11.6 Å². The Balaban J connectivity index is 2.38. The van der Waals surface area contributed by atoms with Crippen LogP contribution in [0.25, 0.3) is 0 Å². The summed E-state index contributed by atoms with van der Waals surface area (Å²) in [4.78, 5) is 7.57. The van der Waals surface area contributed by atoms with Gasteiger partial charge in [-0.15, -0.1) is 0 Å². The van der Waals surface area contributed by atoms with E-state index in [1.54, 1.807) is 0 Å². The largest absolute Gasteiger partial charge is 0.381 e. The van der Waals surface area contributed by atoms with E-state index in [1.165, 1.54) is 18.5 Å². The molecule has 0 bridgehead atoms. The third-order valence-corrected chi connectivity index (χ3v) is 1.93. The third kappa shape index (κ3) is 1.90. The molecular weight excluding hydrogens is 214 g/mol. The van der Waals surface area contributed by atoms with Crippen LogP contribution in [0.1, 0.15) is 0 Å². The molecule has 1 heterocycles. The molecule has 1 aromatic carbocycles. The van der Waals surface area contributed by atoms with E-state index in [0.29, 0.717) is 0 Å². The minimum atomic E-state index is -0.718. The van der Waals surface area contributed by atoms with Gasteiger partial charge in [-0.3, -0.25) is 0 Å². The Labute approximate surface area is 90.1 Å². The summed E-state index contributed by atoms with van der Waals surface area (Å²) in [6, 6.07) is 3.55. The number of halogens is 2. The maximum absolute atomic E-state index is 13.3. The second kappa shape index (κ2) is 4.09. The van der Waals surface area contributed by atoms with Crippen LogP contribution in [0.2, 0.25) is 0 Å². The SMILES string of the molecule is Nc1nccnc1Nc1c(F)cccc1F. The number of para-hydroxylation sites is 1. The zero-order valence-corrected chi connectivity index (χ0v) is 8.11. The summed E-state index contributed by atoms with van der Waals surface area (Å²) in [6.45, 7) is 0. The average molecular weight is 222 g/mol. The maximum atomic E-state index is 13.3. The summed E-state index contributed by atoms with van der Waals surface area (Å²) in [5.74, 6) is -1.24. The van der Waals surface area contributed by atoms with E-state index in [4.69, 9.17) is 5.73 Å². The Morgan fingerprint density at radius 2 is 1.69 bits per heavy atom. The van der Waals surface area contributed by atoms with Gasteiger partial charge in [-0.1, -0.05) is 6.07 Å². The molecule has 0 aliphatic heterocycles. The van der Waals surface area contributed by atoms with Gasteiger partial charge in [-0.25, -0.2) is 18.7 Å².